The van der Waals surface area contributed by atoms with Crippen LogP contribution in [0.25, 0.3) is 0 Å². The van der Waals surface area contributed by atoms with Crippen LogP contribution in [-0.4, -0.2) is 50.4 Å². The summed E-state index contributed by atoms with van der Waals surface area (Å²) in [4.78, 5) is 13.7. The highest BCUT2D eigenvalue weighted by molar-refractivity contribution is 5.70. The summed E-state index contributed by atoms with van der Waals surface area (Å²) in [6.07, 6.45) is -0.455. The van der Waals surface area contributed by atoms with E-state index in [1.807, 2.05) is 18.2 Å². The van der Waals surface area contributed by atoms with Gasteiger partial charge < -0.3 is 19.7 Å². The Bertz CT molecular complexity index is 367. The van der Waals surface area contributed by atoms with Gasteiger partial charge in [0.2, 0.25) is 0 Å². The van der Waals surface area contributed by atoms with Gasteiger partial charge in [0.1, 0.15) is 5.75 Å². The molecule has 5 heteroatoms. The van der Waals surface area contributed by atoms with Gasteiger partial charge in [0, 0.05) is 13.1 Å². The number of nitrogens with one attached hydrogen (secondary N) is 1. The highest BCUT2D eigenvalue weighted by Gasteiger charge is 2.03. The molecule has 0 aromatic heterocycles. The molecule has 0 aliphatic carbocycles. The fourth-order valence-electron chi connectivity index (χ4n) is 1.69. The lowest BCUT2D eigenvalue weighted by Crippen LogP contribution is -2.31. The van der Waals surface area contributed by atoms with Gasteiger partial charge in [0.05, 0.1) is 13.2 Å². The summed E-state index contributed by atoms with van der Waals surface area (Å²) >= 11 is 0. The van der Waals surface area contributed by atoms with Gasteiger partial charge in [-0.15, -0.1) is 0 Å². The fourth-order valence-corrected chi connectivity index (χ4v) is 1.69. The average molecular weight is 280 g/mol. The zero-order valence-corrected chi connectivity index (χ0v) is 12.3. The molecule has 112 valence electrons. The maximum absolute atomic E-state index is 11.4. The molecule has 0 saturated carbocycles. The summed E-state index contributed by atoms with van der Waals surface area (Å²) < 4.78 is 10.5. The molecule has 0 fully saturated rings. The zero-order chi connectivity index (χ0) is 14.6. The van der Waals surface area contributed by atoms with Crippen LogP contribution in [0.3, 0.4) is 0 Å². The van der Waals surface area contributed by atoms with Crippen molar-refractivity contribution in [3.8, 4) is 5.75 Å². The highest BCUT2D eigenvalue weighted by atomic mass is 16.6. The van der Waals surface area contributed by atoms with E-state index in [0.717, 1.165) is 19.6 Å². The fraction of sp³-hybridized carbons (Fsp3) is 0.533. The highest BCUT2D eigenvalue weighted by Crippen LogP contribution is 2.07. The van der Waals surface area contributed by atoms with Crippen LogP contribution < -0.4 is 10.1 Å². The maximum Gasteiger partial charge on any atom is 0.412 e. The summed E-state index contributed by atoms with van der Waals surface area (Å²) in [5.74, 6) is 0.535. The first-order valence-corrected chi connectivity index (χ1v) is 7.07. The van der Waals surface area contributed by atoms with E-state index >= 15 is 0 Å². The molecule has 0 saturated heterocycles. The van der Waals surface area contributed by atoms with E-state index < -0.39 is 6.09 Å². The second-order valence-corrected chi connectivity index (χ2v) is 4.27. The Kier molecular flexibility index (Phi) is 8.42. The van der Waals surface area contributed by atoms with Crippen molar-refractivity contribution in [3.05, 3.63) is 30.3 Å². The third kappa shape index (κ3) is 7.11. The number of benzene rings is 1. The van der Waals surface area contributed by atoms with Crippen LogP contribution in [0, 0.1) is 0 Å². The van der Waals surface area contributed by atoms with Crippen LogP contribution in [0.15, 0.2) is 30.3 Å². The van der Waals surface area contributed by atoms with Crippen molar-refractivity contribution in [3.63, 3.8) is 0 Å². The van der Waals surface area contributed by atoms with E-state index in [0.29, 0.717) is 25.5 Å². The van der Waals surface area contributed by atoms with Crippen molar-refractivity contribution in [1.82, 2.24) is 10.2 Å². The van der Waals surface area contributed by atoms with Crippen LogP contribution >= 0.6 is 0 Å². The first-order valence-electron chi connectivity index (χ1n) is 7.07. The lowest BCUT2D eigenvalue weighted by Gasteiger charge is -2.17. The lowest BCUT2D eigenvalue weighted by molar-refractivity contribution is 0.108. The number of likely N-dealkylation sites (N-methyl/N-ethyl adjacent to an activating group) is 1. The zero-order valence-electron chi connectivity index (χ0n) is 12.3. The van der Waals surface area contributed by atoms with Crippen LogP contribution in [0.2, 0.25) is 0 Å². The molecule has 0 radical (unpaired) electrons. The van der Waals surface area contributed by atoms with Crippen LogP contribution in [-0.2, 0) is 4.74 Å². The number of ether oxygens (including phenoxy) is 2. The van der Waals surface area contributed by atoms with Crippen molar-refractivity contribution >= 4 is 6.09 Å². The molecule has 0 aliphatic heterocycles. The van der Waals surface area contributed by atoms with Gasteiger partial charge in [0.25, 0.3) is 0 Å². The Morgan fingerprint density at radius 3 is 2.50 bits per heavy atom. The third-order valence-electron chi connectivity index (χ3n) is 2.92. The standard InChI is InChI=1S/C15H24N2O3/c1-3-17(4-2)11-13-19-12-10-16-15(18)20-14-8-6-5-7-9-14/h5-9H,3-4,10-13H2,1-2H3,(H,16,18). The monoisotopic (exact) mass is 280 g/mol. The number of hydrogen-bond donors (Lipinski definition) is 1. The molecule has 1 N–H and O–H groups in total. The molecule has 20 heavy (non-hydrogen) atoms. The second kappa shape index (κ2) is 10.2. The van der Waals surface area contributed by atoms with Gasteiger partial charge in [-0.05, 0) is 25.2 Å². The Hall–Kier alpha value is -1.59. The second-order valence-electron chi connectivity index (χ2n) is 4.27. The Morgan fingerprint density at radius 1 is 1.15 bits per heavy atom. The molecule has 5 nitrogen and oxygen atoms in total. The van der Waals surface area contributed by atoms with E-state index in [2.05, 4.69) is 24.1 Å². The summed E-state index contributed by atoms with van der Waals surface area (Å²) in [6.45, 7) is 8.85. The van der Waals surface area contributed by atoms with E-state index in [1.54, 1.807) is 12.1 Å². The van der Waals surface area contributed by atoms with Gasteiger partial charge in [0.15, 0.2) is 0 Å². The van der Waals surface area contributed by atoms with Crippen LogP contribution in [0.5, 0.6) is 5.75 Å². The first-order chi connectivity index (χ1) is 9.76. The third-order valence-corrected chi connectivity index (χ3v) is 2.92. The Morgan fingerprint density at radius 2 is 1.85 bits per heavy atom. The predicted molar refractivity (Wildman–Crippen MR) is 79.1 cm³/mol. The smallest absolute Gasteiger partial charge is 0.410 e. The number of rotatable bonds is 9. The molecule has 0 heterocycles. The largest absolute Gasteiger partial charge is 0.412 e. The topological polar surface area (TPSA) is 50.8 Å². The predicted octanol–water partition coefficient (Wildman–Crippen LogP) is 2.13. The van der Waals surface area contributed by atoms with Crippen molar-refractivity contribution in [2.75, 3.05) is 39.4 Å². The molecule has 0 unspecified atom stereocenters. The number of nitrogens with zero attached hydrogens (tertiary/aromatic N) is 1. The molecular formula is C15H24N2O3. The number of carbonyl (C=O) groups excluding carboxylic acids is 1. The summed E-state index contributed by atoms with van der Waals surface area (Å²) in [7, 11) is 0. The summed E-state index contributed by atoms with van der Waals surface area (Å²) in [6, 6.07) is 8.98. The minimum absolute atomic E-state index is 0.448. The SMILES string of the molecule is CCN(CC)CCOCCNC(=O)Oc1ccccc1. The van der Waals surface area contributed by atoms with Crippen molar-refractivity contribution in [2.24, 2.45) is 0 Å². The van der Waals surface area contributed by atoms with Crippen LogP contribution in [0.1, 0.15) is 13.8 Å². The average Bonchev–Trinajstić information content (AvgIpc) is 2.47. The number of amides is 1. The molecule has 0 bridgehead atoms. The maximum atomic E-state index is 11.4. The van der Waals surface area contributed by atoms with Crippen molar-refractivity contribution < 1.29 is 14.3 Å². The lowest BCUT2D eigenvalue weighted by atomic mass is 10.3. The number of carbonyl (C=O) groups is 1. The normalized spacial score (nSPS) is 10.6. The summed E-state index contributed by atoms with van der Waals surface area (Å²) in [5.41, 5.74) is 0. The van der Waals surface area contributed by atoms with Gasteiger partial charge >= 0.3 is 6.09 Å². The van der Waals surface area contributed by atoms with Gasteiger partial charge in [-0.3, -0.25) is 0 Å². The quantitative estimate of drug-likeness (QED) is 0.704. The molecule has 0 atom stereocenters. The van der Waals surface area contributed by atoms with E-state index in [9.17, 15) is 4.79 Å². The number of para-hydroxylation sites is 1. The molecule has 1 amide bonds. The van der Waals surface area contributed by atoms with Gasteiger partial charge in [-0.1, -0.05) is 32.0 Å². The van der Waals surface area contributed by atoms with E-state index in [-0.39, 0.29) is 0 Å². The molecule has 1 aromatic carbocycles. The van der Waals surface area contributed by atoms with Gasteiger partial charge in [-0.25, -0.2) is 4.79 Å². The molecule has 0 spiro atoms. The van der Waals surface area contributed by atoms with E-state index in [4.69, 9.17) is 9.47 Å². The van der Waals surface area contributed by atoms with Crippen molar-refractivity contribution in [1.29, 1.82) is 0 Å². The van der Waals surface area contributed by atoms with Gasteiger partial charge in [-0.2, -0.15) is 0 Å². The molecule has 1 aromatic rings. The Balaban J connectivity index is 2.02. The molecule has 1 rings (SSSR count). The van der Waals surface area contributed by atoms with E-state index in [1.165, 1.54) is 0 Å². The summed E-state index contributed by atoms with van der Waals surface area (Å²) in [5, 5.41) is 2.65. The van der Waals surface area contributed by atoms with Crippen molar-refractivity contribution in [2.45, 2.75) is 13.8 Å². The first kappa shape index (κ1) is 16.5. The minimum Gasteiger partial charge on any atom is -0.410 e. The molecule has 0 aliphatic rings. The molecular weight excluding hydrogens is 256 g/mol. The van der Waals surface area contributed by atoms with Crippen LogP contribution in [0.4, 0.5) is 4.79 Å². The number of hydrogen-bond acceptors (Lipinski definition) is 4. The Labute approximate surface area is 120 Å². The minimum atomic E-state index is -0.455.